The highest BCUT2D eigenvalue weighted by atomic mass is 35.5. The van der Waals surface area contributed by atoms with Gasteiger partial charge in [-0.1, -0.05) is 12.5 Å². The molecule has 1 aliphatic rings. The largest absolute Gasteiger partial charge is 0.349 e. The van der Waals surface area contributed by atoms with Gasteiger partial charge in [-0.05, 0) is 49.9 Å². The fraction of sp³-hybridized carbons (Fsp3) is 0.533. The zero-order valence-electron chi connectivity index (χ0n) is 12.8. The number of sulfone groups is 1. The molecule has 0 bridgehead atoms. The summed E-state index contributed by atoms with van der Waals surface area (Å²) in [5.74, 6) is 0.0824. The minimum Gasteiger partial charge on any atom is -0.349 e. The minimum absolute atomic E-state index is 0. The molecule has 0 radical (unpaired) electrons. The topological polar surface area (TPSA) is 89.3 Å². The molecule has 2 unspecified atom stereocenters. The average Bonchev–Trinajstić information content (AvgIpc) is 2.85. The van der Waals surface area contributed by atoms with Crippen molar-refractivity contribution in [2.75, 3.05) is 12.8 Å². The Balaban J connectivity index is 0.00000242. The highest BCUT2D eigenvalue weighted by Gasteiger charge is 2.27. The predicted octanol–water partition coefficient (Wildman–Crippen LogP) is 1.68. The highest BCUT2D eigenvalue weighted by Crippen LogP contribution is 2.25. The number of nitrogens with one attached hydrogen (secondary N) is 1. The van der Waals surface area contributed by atoms with Crippen LogP contribution in [0.3, 0.4) is 0 Å². The maximum Gasteiger partial charge on any atom is 0.251 e. The van der Waals surface area contributed by atoms with Crippen molar-refractivity contribution < 1.29 is 13.2 Å². The summed E-state index contributed by atoms with van der Waals surface area (Å²) in [5, 5.41) is 2.98. The van der Waals surface area contributed by atoms with Crippen molar-refractivity contribution >= 4 is 28.2 Å². The standard InChI is InChI=1S/C15H22N2O3S.ClH/c1-10-6-7-11(8-14(10)21(2,19)20)15(18)17-13-5-3-4-12(13)9-16;/h6-8,12-13H,3-5,9,16H2,1-2H3,(H,17,18);1H. The van der Waals surface area contributed by atoms with Crippen LogP contribution in [-0.4, -0.2) is 33.2 Å². The Kier molecular flexibility index (Phi) is 6.40. The zero-order chi connectivity index (χ0) is 15.6. The van der Waals surface area contributed by atoms with E-state index in [1.54, 1.807) is 19.1 Å². The van der Waals surface area contributed by atoms with E-state index in [-0.39, 0.29) is 29.3 Å². The number of hydrogen-bond acceptors (Lipinski definition) is 4. The van der Waals surface area contributed by atoms with Crippen molar-refractivity contribution in [3.05, 3.63) is 29.3 Å². The second-order valence-electron chi connectivity index (χ2n) is 5.76. The maximum absolute atomic E-state index is 12.3. The van der Waals surface area contributed by atoms with E-state index in [1.807, 2.05) is 0 Å². The predicted molar refractivity (Wildman–Crippen MR) is 89.2 cm³/mol. The van der Waals surface area contributed by atoms with Crippen LogP contribution in [0, 0.1) is 12.8 Å². The van der Waals surface area contributed by atoms with E-state index in [4.69, 9.17) is 5.73 Å². The highest BCUT2D eigenvalue weighted by molar-refractivity contribution is 7.90. The van der Waals surface area contributed by atoms with Gasteiger partial charge in [-0.25, -0.2) is 8.42 Å². The number of halogens is 1. The lowest BCUT2D eigenvalue weighted by molar-refractivity contribution is 0.0928. The summed E-state index contributed by atoms with van der Waals surface area (Å²) < 4.78 is 23.4. The van der Waals surface area contributed by atoms with Gasteiger partial charge >= 0.3 is 0 Å². The van der Waals surface area contributed by atoms with E-state index in [0.29, 0.717) is 23.6 Å². The second kappa shape index (κ2) is 7.44. The normalized spacial score (nSPS) is 21.2. The molecule has 7 heteroatoms. The number of nitrogens with two attached hydrogens (primary N) is 1. The number of aryl methyl sites for hydroxylation is 1. The first kappa shape index (κ1) is 18.9. The number of hydrogen-bond donors (Lipinski definition) is 2. The van der Waals surface area contributed by atoms with Crippen molar-refractivity contribution in [2.24, 2.45) is 11.7 Å². The van der Waals surface area contributed by atoms with E-state index in [2.05, 4.69) is 5.32 Å². The monoisotopic (exact) mass is 346 g/mol. The van der Waals surface area contributed by atoms with Gasteiger partial charge in [0.25, 0.3) is 5.91 Å². The SMILES string of the molecule is Cc1ccc(C(=O)NC2CCCC2CN)cc1S(C)(=O)=O.Cl. The molecule has 2 atom stereocenters. The van der Waals surface area contributed by atoms with Gasteiger partial charge in [0.15, 0.2) is 9.84 Å². The maximum atomic E-state index is 12.3. The molecule has 1 amide bonds. The van der Waals surface area contributed by atoms with Crippen LogP contribution >= 0.6 is 12.4 Å². The summed E-state index contributed by atoms with van der Waals surface area (Å²) in [6.07, 6.45) is 4.18. The van der Waals surface area contributed by atoms with Crippen LogP contribution in [0.15, 0.2) is 23.1 Å². The van der Waals surface area contributed by atoms with Crippen LogP contribution in [0.4, 0.5) is 0 Å². The number of carbonyl (C=O) groups is 1. The molecule has 1 aromatic carbocycles. The van der Waals surface area contributed by atoms with E-state index in [1.165, 1.54) is 6.07 Å². The average molecular weight is 347 g/mol. The van der Waals surface area contributed by atoms with E-state index < -0.39 is 9.84 Å². The van der Waals surface area contributed by atoms with Crippen LogP contribution in [-0.2, 0) is 9.84 Å². The molecule has 2 rings (SSSR count). The molecular weight excluding hydrogens is 324 g/mol. The Labute approximate surface area is 138 Å². The summed E-state index contributed by atoms with van der Waals surface area (Å²) in [7, 11) is -3.33. The van der Waals surface area contributed by atoms with E-state index in [9.17, 15) is 13.2 Å². The van der Waals surface area contributed by atoms with Crippen molar-refractivity contribution in [2.45, 2.75) is 37.1 Å². The van der Waals surface area contributed by atoms with Gasteiger partial charge in [0.1, 0.15) is 0 Å². The van der Waals surface area contributed by atoms with Crippen molar-refractivity contribution in [3.8, 4) is 0 Å². The first-order valence-electron chi connectivity index (χ1n) is 7.14. The first-order chi connectivity index (χ1) is 9.82. The second-order valence-corrected chi connectivity index (χ2v) is 7.74. The van der Waals surface area contributed by atoms with Gasteiger partial charge in [-0.15, -0.1) is 12.4 Å². The number of carbonyl (C=O) groups excluding carboxylic acids is 1. The van der Waals surface area contributed by atoms with Crippen molar-refractivity contribution in [1.82, 2.24) is 5.32 Å². The molecule has 22 heavy (non-hydrogen) atoms. The molecule has 1 fully saturated rings. The summed E-state index contributed by atoms with van der Waals surface area (Å²) in [4.78, 5) is 12.5. The Bertz CT molecular complexity index is 646. The molecule has 1 saturated carbocycles. The molecule has 1 aliphatic carbocycles. The fourth-order valence-corrected chi connectivity index (χ4v) is 3.90. The third-order valence-corrected chi connectivity index (χ3v) is 5.37. The van der Waals surface area contributed by atoms with Crippen LogP contribution in [0.1, 0.15) is 35.2 Å². The van der Waals surface area contributed by atoms with Gasteiger partial charge in [-0.2, -0.15) is 0 Å². The molecule has 5 nitrogen and oxygen atoms in total. The van der Waals surface area contributed by atoms with Crippen molar-refractivity contribution in [3.63, 3.8) is 0 Å². The molecular formula is C15H23ClN2O3S. The molecule has 0 aromatic heterocycles. The number of amides is 1. The van der Waals surface area contributed by atoms with Gasteiger partial charge in [0.05, 0.1) is 4.90 Å². The Morgan fingerprint density at radius 1 is 1.36 bits per heavy atom. The quantitative estimate of drug-likeness (QED) is 0.868. The van der Waals surface area contributed by atoms with E-state index >= 15 is 0 Å². The molecule has 0 saturated heterocycles. The minimum atomic E-state index is -3.33. The smallest absolute Gasteiger partial charge is 0.251 e. The molecule has 0 heterocycles. The van der Waals surface area contributed by atoms with Gasteiger partial charge < -0.3 is 11.1 Å². The summed E-state index contributed by atoms with van der Waals surface area (Å²) in [6, 6.07) is 4.86. The lowest BCUT2D eigenvalue weighted by Gasteiger charge is -2.19. The van der Waals surface area contributed by atoms with Gasteiger partial charge in [0, 0.05) is 17.9 Å². The van der Waals surface area contributed by atoms with Crippen LogP contribution in [0.2, 0.25) is 0 Å². The van der Waals surface area contributed by atoms with Crippen LogP contribution < -0.4 is 11.1 Å². The van der Waals surface area contributed by atoms with Crippen LogP contribution in [0.25, 0.3) is 0 Å². The number of benzene rings is 1. The third kappa shape index (κ3) is 4.21. The van der Waals surface area contributed by atoms with Crippen LogP contribution in [0.5, 0.6) is 0 Å². The molecule has 0 aliphatic heterocycles. The lowest BCUT2D eigenvalue weighted by Crippen LogP contribution is -2.39. The molecule has 0 spiro atoms. The Hall–Kier alpha value is -1.11. The molecule has 1 aromatic rings. The number of rotatable bonds is 4. The van der Waals surface area contributed by atoms with Gasteiger partial charge in [-0.3, -0.25) is 4.79 Å². The Morgan fingerprint density at radius 2 is 2.05 bits per heavy atom. The zero-order valence-corrected chi connectivity index (χ0v) is 14.5. The third-order valence-electron chi connectivity index (χ3n) is 4.13. The fourth-order valence-electron chi connectivity index (χ4n) is 2.90. The molecule has 3 N–H and O–H groups in total. The summed E-state index contributed by atoms with van der Waals surface area (Å²) in [5.41, 5.74) is 6.74. The lowest BCUT2D eigenvalue weighted by atomic mass is 10.0. The molecule has 124 valence electrons. The van der Waals surface area contributed by atoms with Gasteiger partial charge in [0.2, 0.25) is 0 Å². The summed E-state index contributed by atoms with van der Waals surface area (Å²) in [6.45, 7) is 2.28. The summed E-state index contributed by atoms with van der Waals surface area (Å²) >= 11 is 0. The first-order valence-corrected chi connectivity index (χ1v) is 9.03. The Morgan fingerprint density at radius 3 is 2.64 bits per heavy atom. The van der Waals surface area contributed by atoms with Crippen molar-refractivity contribution in [1.29, 1.82) is 0 Å². The van der Waals surface area contributed by atoms with E-state index in [0.717, 1.165) is 25.5 Å².